The van der Waals surface area contributed by atoms with Crippen molar-refractivity contribution in [1.29, 1.82) is 0 Å². The molecule has 1 N–H and O–H groups in total. The zero-order valence-corrected chi connectivity index (χ0v) is 16.3. The molecular weight excluding hydrogens is 409 g/mol. The van der Waals surface area contributed by atoms with Gasteiger partial charge in [0.05, 0.1) is 11.2 Å². The number of sulfone groups is 1. The Kier molecular flexibility index (Phi) is 5.89. The number of carbonyl (C=O) groups excluding carboxylic acids is 1. The molecule has 27 heavy (non-hydrogen) atoms. The lowest BCUT2D eigenvalue weighted by atomic mass is 10.2. The third-order valence-electron chi connectivity index (χ3n) is 3.93. The Morgan fingerprint density at radius 2 is 1.56 bits per heavy atom. The van der Waals surface area contributed by atoms with Crippen molar-refractivity contribution in [2.75, 3.05) is 6.54 Å². The van der Waals surface area contributed by atoms with Crippen LogP contribution < -0.4 is 5.32 Å². The highest BCUT2D eigenvalue weighted by Crippen LogP contribution is 2.29. The van der Waals surface area contributed by atoms with Gasteiger partial charge in [-0.3, -0.25) is 4.79 Å². The van der Waals surface area contributed by atoms with E-state index in [1.54, 1.807) is 36.4 Å². The summed E-state index contributed by atoms with van der Waals surface area (Å²) in [5, 5.41) is 2.50. The first-order valence-electron chi connectivity index (χ1n) is 7.94. The molecule has 0 unspecified atom stereocenters. The van der Waals surface area contributed by atoms with Crippen LogP contribution in [0.4, 0.5) is 0 Å². The van der Waals surface area contributed by atoms with Gasteiger partial charge in [0.25, 0.3) is 5.91 Å². The van der Waals surface area contributed by atoms with Crippen molar-refractivity contribution < 1.29 is 17.6 Å². The normalized spacial score (nSPS) is 12.5. The maximum Gasteiger partial charge on any atom is 0.251 e. The molecular formula is C19H15Cl2NO4S. The standard InChI is InChI=1S/C19H15Cl2NO4S/c20-14-5-3-13(4-6-14)19(23)22-12-18(17-2-1-11-26-17)27(24,25)16-9-7-15(21)8-10-16/h1-11,18H,12H2,(H,22,23)/t18-/m0/s1. The minimum Gasteiger partial charge on any atom is -0.468 e. The minimum absolute atomic E-state index is 0.0917. The highest BCUT2D eigenvalue weighted by molar-refractivity contribution is 7.91. The second-order valence-electron chi connectivity index (χ2n) is 5.72. The number of hydrogen-bond donors (Lipinski definition) is 1. The molecule has 0 saturated carbocycles. The summed E-state index contributed by atoms with van der Waals surface area (Å²) in [6.45, 7) is -0.153. The van der Waals surface area contributed by atoms with Crippen LogP contribution >= 0.6 is 23.2 Å². The second-order valence-corrected chi connectivity index (χ2v) is 8.72. The maximum absolute atomic E-state index is 13.1. The number of amides is 1. The van der Waals surface area contributed by atoms with Crippen LogP contribution in [0.15, 0.2) is 76.2 Å². The molecule has 1 heterocycles. The van der Waals surface area contributed by atoms with Gasteiger partial charge in [0, 0.05) is 22.2 Å². The Labute approximate surface area is 166 Å². The van der Waals surface area contributed by atoms with Crippen LogP contribution in [-0.2, 0) is 9.84 Å². The van der Waals surface area contributed by atoms with Crippen LogP contribution in [0, 0.1) is 0 Å². The molecule has 2 aromatic carbocycles. The van der Waals surface area contributed by atoms with Gasteiger partial charge in [-0.05, 0) is 60.7 Å². The summed E-state index contributed by atoms with van der Waals surface area (Å²) in [6, 6.07) is 15.3. The Hall–Kier alpha value is -2.28. The Balaban J connectivity index is 1.85. The first kappa shape index (κ1) is 19.5. The van der Waals surface area contributed by atoms with Gasteiger partial charge in [0.1, 0.15) is 11.0 Å². The largest absolute Gasteiger partial charge is 0.468 e. The molecule has 1 aromatic heterocycles. The lowest BCUT2D eigenvalue weighted by Gasteiger charge is -2.17. The molecule has 0 aliphatic carbocycles. The fraction of sp³-hybridized carbons (Fsp3) is 0.105. The summed E-state index contributed by atoms with van der Waals surface area (Å²) in [6.07, 6.45) is 1.39. The molecule has 0 radical (unpaired) electrons. The van der Waals surface area contributed by atoms with Crippen molar-refractivity contribution in [3.8, 4) is 0 Å². The van der Waals surface area contributed by atoms with Crippen LogP contribution in [0.1, 0.15) is 21.4 Å². The maximum atomic E-state index is 13.1. The van der Waals surface area contributed by atoms with Crippen molar-refractivity contribution in [3.63, 3.8) is 0 Å². The lowest BCUT2D eigenvalue weighted by Crippen LogP contribution is -2.31. The zero-order valence-electron chi connectivity index (χ0n) is 13.9. The van der Waals surface area contributed by atoms with Crippen molar-refractivity contribution in [2.45, 2.75) is 10.1 Å². The molecule has 0 spiro atoms. The van der Waals surface area contributed by atoms with E-state index in [-0.39, 0.29) is 17.2 Å². The van der Waals surface area contributed by atoms with E-state index in [2.05, 4.69) is 5.32 Å². The molecule has 0 fully saturated rings. The first-order valence-corrected chi connectivity index (χ1v) is 10.2. The summed E-state index contributed by atoms with van der Waals surface area (Å²) >= 11 is 11.7. The van der Waals surface area contributed by atoms with E-state index in [0.29, 0.717) is 15.6 Å². The summed E-state index contributed by atoms with van der Waals surface area (Å²) < 4.78 is 31.4. The van der Waals surface area contributed by atoms with E-state index in [9.17, 15) is 13.2 Å². The molecule has 8 heteroatoms. The van der Waals surface area contributed by atoms with E-state index in [4.69, 9.17) is 27.6 Å². The number of benzene rings is 2. The smallest absolute Gasteiger partial charge is 0.251 e. The zero-order chi connectivity index (χ0) is 19.4. The van der Waals surface area contributed by atoms with Gasteiger partial charge in [-0.15, -0.1) is 0 Å². The number of hydrogen-bond acceptors (Lipinski definition) is 4. The van der Waals surface area contributed by atoms with E-state index in [1.165, 1.54) is 30.5 Å². The number of halogens is 2. The van der Waals surface area contributed by atoms with E-state index in [0.717, 1.165) is 0 Å². The van der Waals surface area contributed by atoms with Crippen LogP contribution in [0.25, 0.3) is 0 Å². The molecule has 1 atom stereocenters. The summed E-state index contributed by atoms with van der Waals surface area (Å²) in [5.74, 6) is -0.170. The van der Waals surface area contributed by atoms with Gasteiger partial charge in [0.2, 0.25) is 0 Å². The third-order valence-corrected chi connectivity index (χ3v) is 6.51. The highest BCUT2D eigenvalue weighted by Gasteiger charge is 2.32. The molecule has 1 amide bonds. The number of nitrogens with one attached hydrogen (secondary N) is 1. The Morgan fingerprint density at radius 1 is 0.963 bits per heavy atom. The monoisotopic (exact) mass is 423 g/mol. The fourth-order valence-corrected chi connectivity index (χ4v) is 4.35. The molecule has 140 valence electrons. The van der Waals surface area contributed by atoms with Gasteiger partial charge >= 0.3 is 0 Å². The van der Waals surface area contributed by atoms with Crippen LogP contribution in [0.3, 0.4) is 0 Å². The van der Waals surface area contributed by atoms with E-state index >= 15 is 0 Å². The van der Waals surface area contributed by atoms with Gasteiger partial charge in [-0.2, -0.15) is 0 Å². The molecule has 0 bridgehead atoms. The van der Waals surface area contributed by atoms with Gasteiger partial charge < -0.3 is 9.73 Å². The predicted molar refractivity (Wildman–Crippen MR) is 104 cm³/mol. The fourth-order valence-electron chi connectivity index (χ4n) is 2.51. The molecule has 0 aliphatic heterocycles. The van der Waals surface area contributed by atoms with Crippen LogP contribution in [0.5, 0.6) is 0 Å². The van der Waals surface area contributed by atoms with Gasteiger partial charge in [-0.25, -0.2) is 8.42 Å². The van der Waals surface area contributed by atoms with Crippen molar-refractivity contribution in [1.82, 2.24) is 5.32 Å². The highest BCUT2D eigenvalue weighted by atomic mass is 35.5. The average molecular weight is 424 g/mol. The molecule has 0 saturated heterocycles. The Morgan fingerprint density at radius 3 is 2.11 bits per heavy atom. The third kappa shape index (κ3) is 4.53. The molecule has 3 aromatic rings. The van der Waals surface area contributed by atoms with Crippen molar-refractivity contribution >= 4 is 38.9 Å². The number of carbonyl (C=O) groups is 1. The van der Waals surface area contributed by atoms with Gasteiger partial charge in [-0.1, -0.05) is 23.2 Å². The van der Waals surface area contributed by atoms with E-state index in [1.807, 2.05) is 0 Å². The van der Waals surface area contributed by atoms with Crippen LogP contribution in [0.2, 0.25) is 10.0 Å². The van der Waals surface area contributed by atoms with Crippen molar-refractivity contribution in [3.05, 3.63) is 88.3 Å². The van der Waals surface area contributed by atoms with E-state index < -0.39 is 21.0 Å². The molecule has 5 nitrogen and oxygen atoms in total. The lowest BCUT2D eigenvalue weighted by molar-refractivity contribution is 0.0953. The number of furan rings is 1. The SMILES string of the molecule is O=C(NC[C@@H](c1ccco1)S(=O)(=O)c1ccc(Cl)cc1)c1ccc(Cl)cc1. The average Bonchev–Trinajstić information content (AvgIpc) is 3.16. The Bertz CT molecular complexity index is 1010. The molecule has 3 rings (SSSR count). The van der Waals surface area contributed by atoms with Crippen molar-refractivity contribution in [2.24, 2.45) is 0 Å². The van der Waals surface area contributed by atoms with Crippen LogP contribution in [-0.4, -0.2) is 20.9 Å². The minimum atomic E-state index is -3.81. The summed E-state index contributed by atoms with van der Waals surface area (Å²) in [7, 11) is -3.81. The topological polar surface area (TPSA) is 76.4 Å². The first-order chi connectivity index (χ1) is 12.9. The second kappa shape index (κ2) is 8.17. The molecule has 0 aliphatic rings. The van der Waals surface area contributed by atoms with Gasteiger partial charge in [0.15, 0.2) is 9.84 Å². The predicted octanol–water partition coefficient (Wildman–Crippen LogP) is 4.53. The summed E-state index contributed by atoms with van der Waals surface area (Å²) in [4.78, 5) is 12.4. The summed E-state index contributed by atoms with van der Waals surface area (Å²) in [5.41, 5.74) is 0.376. The quantitative estimate of drug-likeness (QED) is 0.631. The number of rotatable bonds is 6.